The highest BCUT2D eigenvalue weighted by Gasteiger charge is 2.17. The number of benzene rings is 1. The van der Waals surface area contributed by atoms with E-state index in [-0.39, 0.29) is 0 Å². The molecule has 0 fully saturated rings. The van der Waals surface area contributed by atoms with E-state index in [2.05, 4.69) is 54.2 Å². The fraction of sp³-hybridized carbons (Fsp3) is 0.647. The normalized spacial score (nSPS) is 14.1. The predicted octanol–water partition coefficient (Wildman–Crippen LogP) is 5.32. The molecule has 0 spiro atoms. The lowest BCUT2D eigenvalue weighted by Crippen LogP contribution is -2.24. The summed E-state index contributed by atoms with van der Waals surface area (Å²) in [6, 6.07) is 6.62. The zero-order chi connectivity index (χ0) is 15.0. The molecule has 1 aromatic rings. The lowest BCUT2D eigenvalue weighted by molar-refractivity contribution is 0.384. The van der Waals surface area contributed by atoms with Crippen LogP contribution in [-0.2, 0) is 0 Å². The Morgan fingerprint density at radius 2 is 2.00 bits per heavy atom. The van der Waals surface area contributed by atoms with Crippen molar-refractivity contribution in [3.05, 3.63) is 28.2 Å². The van der Waals surface area contributed by atoms with E-state index in [9.17, 15) is 0 Å². The summed E-state index contributed by atoms with van der Waals surface area (Å²) < 4.78 is 6.53. The number of hydrogen-bond acceptors (Lipinski definition) is 2. The molecule has 2 unspecified atom stereocenters. The van der Waals surface area contributed by atoms with Crippen molar-refractivity contribution in [1.82, 2.24) is 5.32 Å². The van der Waals surface area contributed by atoms with Gasteiger partial charge in [-0.15, -0.1) is 0 Å². The van der Waals surface area contributed by atoms with Gasteiger partial charge in [0.1, 0.15) is 5.75 Å². The Bertz CT molecular complexity index is 395. The largest absolute Gasteiger partial charge is 0.497 e. The van der Waals surface area contributed by atoms with Crippen LogP contribution in [0.25, 0.3) is 0 Å². The molecule has 1 rings (SSSR count). The summed E-state index contributed by atoms with van der Waals surface area (Å²) in [5.74, 6) is 1.65. The second-order valence-electron chi connectivity index (χ2n) is 5.52. The molecule has 114 valence electrons. The van der Waals surface area contributed by atoms with Crippen molar-refractivity contribution in [2.45, 2.75) is 52.5 Å². The number of hydrogen-bond donors (Lipinski definition) is 1. The van der Waals surface area contributed by atoms with Gasteiger partial charge in [-0.05, 0) is 49.1 Å². The summed E-state index contributed by atoms with van der Waals surface area (Å²) in [4.78, 5) is 0. The molecule has 1 N–H and O–H groups in total. The maximum Gasteiger partial charge on any atom is 0.119 e. The molecule has 0 aromatic heterocycles. The van der Waals surface area contributed by atoms with Crippen molar-refractivity contribution in [1.29, 1.82) is 0 Å². The monoisotopic (exact) mass is 341 g/mol. The van der Waals surface area contributed by atoms with Gasteiger partial charge in [-0.2, -0.15) is 0 Å². The molecular weight excluding hydrogens is 314 g/mol. The molecule has 0 heterocycles. The molecule has 0 aliphatic rings. The molecule has 0 aliphatic carbocycles. The van der Waals surface area contributed by atoms with E-state index in [0.717, 1.165) is 29.1 Å². The third-order valence-corrected chi connectivity index (χ3v) is 4.36. The van der Waals surface area contributed by atoms with Gasteiger partial charge in [-0.25, -0.2) is 0 Å². The Hall–Kier alpha value is -0.540. The SMILES string of the molecule is CCCNC(CC(C)CCC)c1cc(OC)ccc1Br. The second-order valence-corrected chi connectivity index (χ2v) is 6.38. The van der Waals surface area contributed by atoms with Gasteiger partial charge in [0.2, 0.25) is 0 Å². The summed E-state index contributed by atoms with van der Waals surface area (Å²) in [5.41, 5.74) is 1.31. The molecule has 2 atom stereocenters. The lowest BCUT2D eigenvalue weighted by atomic mass is 9.92. The Balaban J connectivity index is 2.90. The molecule has 20 heavy (non-hydrogen) atoms. The fourth-order valence-corrected chi connectivity index (χ4v) is 3.09. The zero-order valence-electron chi connectivity index (χ0n) is 13.2. The number of halogens is 1. The first-order valence-corrected chi connectivity index (χ1v) is 8.48. The smallest absolute Gasteiger partial charge is 0.119 e. The van der Waals surface area contributed by atoms with Crippen LogP contribution in [0.4, 0.5) is 0 Å². The quantitative estimate of drug-likeness (QED) is 0.655. The minimum Gasteiger partial charge on any atom is -0.497 e. The number of rotatable bonds is 9. The first-order valence-electron chi connectivity index (χ1n) is 7.69. The number of methoxy groups -OCH3 is 1. The van der Waals surface area contributed by atoms with Crippen molar-refractivity contribution in [2.24, 2.45) is 5.92 Å². The van der Waals surface area contributed by atoms with Crippen molar-refractivity contribution in [2.75, 3.05) is 13.7 Å². The summed E-state index contributed by atoms with van der Waals surface area (Å²) >= 11 is 3.69. The summed E-state index contributed by atoms with van der Waals surface area (Å²) in [5, 5.41) is 3.68. The average molecular weight is 342 g/mol. The molecule has 0 aliphatic heterocycles. The second kappa shape index (κ2) is 9.41. The van der Waals surface area contributed by atoms with Gasteiger partial charge in [0, 0.05) is 10.5 Å². The van der Waals surface area contributed by atoms with Gasteiger partial charge in [0.25, 0.3) is 0 Å². The maximum absolute atomic E-state index is 5.37. The van der Waals surface area contributed by atoms with Gasteiger partial charge in [0.15, 0.2) is 0 Å². The van der Waals surface area contributed by atoms with Crippen molar-refractivity contribution >= 4 is 15.9 Å². The zero-order valence-corrected chi connectivity index (χ0v) is 14.8. The lowest BCUT2D eigenvalue weighted by Gasteiger charge is -2.24. The Kier molecular flexibility index (Phi) is 8.24. The first-order chi connectivity index (χ1) is 9.62. The number of nitrogens with one attached hydrogen (secondary N) is 1. The van der Waals surface area contributed by atoms with E-state index in [1.165, 1.54) is 24.8 Å². The number of ether oxygens (including phenoxy) is 1. The molecule has 0 radical (unpaired) electrons. The van der Waals surface area contributed by atoms with E-state index in [1.54, 1.807) is 7.11 Å². The van der Waals surface area contributed by atoms with Gasteiger partial charge in [0.05, 0.1) is 7.11 Å². The first kappa shape index (κ1) is 17.5. The van der Waals surface area contributed by atoms with Gasteiger partial charge >= 0.3 is 0 Å². The van der Waals surface area contributed by atoms with E-state index < -0.39 is 0 Å². The minimum absolute atomic E-state index is 0.390. The summed E-state index contributed by atoms with van der Waals surface area (Å²) in [7, 11) is 1.72. The average Bonchev–Trinajstić information content (AvgIpc) is 2.44. The topological polar surface area (TPSA) is 21.3 Å². The van der Waals surface area contributed by atoms with Crippen LogP contribution in [0.5, 0.6) is 5.75 Å². The Morgan fingerprint density at radius 3 is 2.60 bits per heavy atom. The maximum atomic E-state index is 5.37. The van der Waals surface area contributed by atoms with Crippen LogP contribution in [0, 0.1) is 5.92 Å². The minimum atomic E-state index is 0.390. The highest BCUT2D eigenvalue weighted by atomic mass is 79.9. The third-order valence-electron chi connectivity index (χ3n) is 3.64. The predicted molar refractivity (Wildman–Crippen MR) is 90.4 cm³/mol. The van der Waals surface area contributed by atoms with Gasteiger partial charge < -0.3 is 10.1 Å². The van der Waals surface area contributed by atoms with E-state index in [0.29, 0.717) is 6.04 Å². The molecule has 0 amide bonds. The standard InChI is InChI=1S/C17H28BrNO/c1-5-7-13(3)11-17(19-10-6-2)15-12-14(20-4)8-9-16(15)18/h8-9,12-13,17,19H,5-7,10-11H2,1-4H3. The van der Waals surface area contributed by atoms with Crippen LogP contribution in [-0.4, -0.2) is 13.7 Å². The summed E-state index contributed by atoms with van der Waals surface area (Å²) in [6.07, 6.45) is 4.85. The van der Waals surface area contributed by atoms with Crippen LogP contribution in [0.1, 0.15) is 58.1 Å². The molecular formula is C17H28BrNO. The highest BCUT2D eigenvalue weighted by Crippen LogP contribution is 2.32. The Morgan fingerprint density at radius 1 is 1.25 bits per heavy atom. The van der Waals surface area contributed by atoms with Crippen molar-refractivity contribution in [3.63, 3.8) is 0 Å². The van der Waals surface area contributed by atoms with Crippen LogP contribution in [0.15, 0.2) is 22.7 Å². The third kappa shape index (κ3) is 5.45. The van der Waals surface area contributed by atoms with Crippen LogP contribution >= 0.6 is 15.9 Å². The molecule has 0 saturated carbocycles. The van der Waals surface area contributed by atoms with Crippen LogP contribution in [0.3, 0.4) is 0 Å². The van der Waals surface area contributed by atoms with Gasteiger partial charge in [-0.3, -0.25) is 0 Å². The molecule has 1 aromatic carbocycles. The molecule has 0 bridgehead atoms. The van der Waals surface area contributed by atoms with E-state index >= 15 is 0 Å². The van der Waals surface area contributed by atoms with E-state index in [4.69, 9.17) is 4.74 Å². The molecule has 0 saturated heterocycles. The van der Waals surface area contributed by atoms with Crippen molar-refractivity contribution < 1.29 is 4.74 Å². The fourth-order valence-electron chi connectivity index (χ4n) is 2.57. The summed E-state index contributed by atoms with van der Waals surface area (Å²) in [6.45, 7) is 7.86. The van der Waals surface area contributed by atoms with Crippen LogP contribution in [0.2, 0.25) is 0 Å². The van der Waals surface area contributed by atoms with Crippen molar-refractivity contribution in [3.8, 4) is 5.75 Å². The Labute approximate surface area is 132 Å². The van der Waals surface area contributed by atoms with Crippen LogP contribution < -0.4 is 10.1 Å². The molecule has 3 heteroatoms. The molecule has 2 nitrogen and oxygen atoms in total. The highest BCUT2D eigenvalue weighted by molar-refractivity contribution is 9.10. The van der Waals surface area contributed by atoms with Gasteiger partial charge in [-0.1, -0.05) is 49.5 Å². The van der Waals surface area contributed by atoms with E-state index in [1.807, 2.05) is 6.07 Å².